The van der Waals surface area contributed by atoms with E-state index in [1.165, 1.54) is 12.8 Å². The molecule has 3 rings (SSSR count). The fourth-order valence-corrected chi connectivity index (χ4v) is 3.20. The molecule has 1 unspecified atom stereocenters. The first-order chi connectivity index (χ1) is 9.65. The van der Waals surface area contributed by atoms with Gasteiger partial charge in [-0.3, -0.25) is 0 Å². The molecule has 4 nitrogen and oxygen atoms in total. The summed E-state index contributed by atoms with van der Waals surface area (Å²) in [6.45, 7) is 2.11. The number of rotatable bonds is 2. The topological polar surface area (TPSA) is 32.3 Å². The lowest BCUT2D eigenvalue weighted by atomic mass is 10.0. The minimum atomic E-state index is 0.598. The summed E-state index contributed by atoms with van der Waals surface area (Å²) in [4.78, 5) is 13.6. The maximum Gasteiger partial charge on any atom is 0.139 e. The molecule has 1 atom stereocenters. The lowest BCUT2D eigenvalue weighted by molar-refractivity contribution is 0.257. The van der Waals surface area contributed by atoms with Crippen molar-refractivity contribution in [3.05, 3.63) is 29.0 Å². The van der Waals surface area contributed by atoms with Crippen LogP contribution in [0.1, 0.15) is 12.8 Å². The molecule has 0 N–H and O–H groups in total. The Morgan fingerprint density at radius 2 is 2.15 bits per heavy atom. The maximum absolute atomic E-state index is 4.54. The van der Waals surface area contributed by atoms with Crippen LogP contribution >= 0.6 is 15.9 Å². The van der Waals surface area contributed by atoms with Crippen LogP contribution in [-0.2, 0) is 0 Å². The first-order valence-electron chi connectivity index (χ1n) is 6.97. The number of anilines is 1. The third-order valence-corrected chi connectivity index (χ3v) is 4.50. The van der Waals surface area contributed by atoms with Crippen molar-refractivity contribution in [2.45, 2.75) is 18.9 Å². The van der Waals surface area contributed by atoms with Crippen LogP contribution in [0.3, 0.4) is 0 Å². The highest BCUT2D eigenvalue weighted by Gasteiger charge is 2.23. The van der Waals surface area contributed by atoms with Gasteiger partial charge in [-0.2, -0.15) is 0 Å². The van der Waals surface area contributed by atoms with Gasteiger partial charge in [-0.05, 0) is 45.1 Å². The van der Waals surface area contributed by atoms with Crippen LogP contribution in [0.4, 0.5) is 5.82 Å². The molecule has 0 aliphatic carbocycles. The number of hydrogen-bond donors (Lipinski definition) is 0. The number of fused-ring (bicyclic) bond motifs is 1. The molecule has 0 amide bonds. The fraction of sp³-hybridized carbons (Fsp3) is 0.467. The summed E-state index contributed by atoms with van der Waals surface area (Å²) in [6, 6.07) is 6.78. The van der Waals surface area contributed by atoms with Crippen molar-refractivity contribution in [1.29, 1.82) is 0 Å². The van der Waals surface area contributed by atoms with E-state index in [-0.39, 0.29) is 0 Å². The molecule has 5 heteroatoms. The van der Waals surface area contributed by atoms with Crippen LogP contribution in [-0.4, -0.2) is 48.1 Å². The number of aromatic nitrogens is 2. The third kappa shape index (κ3) is 2.65. The van der Waals surface area contributed by atoms with E-state index in [1.807, 2.05) is 12.1 Å². The quantitative estimate of drug-likeness (QED) is 0.845. The summed E-state index contributed by atoms with van der Waals surface area (Å²) in [6.07, 6.45) is 4.14. The zero-order valence-electron chi connectivity index (χ0n) is 11.9. The molecule has 1 aromatic heterocycles. The molecule has 106 valence electrons. The number of benzene rings is 1. The molecule has 0 saturated carbocycles. The summed E-state index contributed by atoms with van der Waals surface area (Å²) in [5.41, 5.74) is 1.00. The van der Waals surface area contributed by atoms with Crippen LogP contribution in [0, 0.1) is 0 Å². The standard InChI is InChI=1S/C15H19BrN4/c1-19(2)12-4-3-7-20(9-12)15-13-8-11(16)5-6-14(13)17-10-18-15/h5-6,8,10,12H,3-4,7,9H2,1-2H3. The predicted molar refractivity (Wildman–Crippen MR) is 86.2 cm³/mol. The van der Waals surface area contributed by atoms with Gasteiger partial charge in [0.05, 0.1) is 5.52 Å². The highest BCUT2D eigenvalue weighted by atomic mass is 79.9. The summed E-state index contributed by atoms with van der Waals surface area (Å²) in [5, 5.41) is 1.13. The molecule has 1 fully saturated rings. The maximum atomic E-state index is 4.54. The van der Waals surface area contributed by atoms with Gasteiger partial charge in [0.1, 0.15) is 12.1 Å². The molecular weight excluding hydrogens is 316 g/mol. The lowest BCUT2D eigenvalue weighted by Crippen LogP contribution is -2.45. The summed E-state index contributed by atoms with van der Waals surface area (Å²) >= 11 is 3.54. The highest BCUT2D eigenvalue weighted by Crippen LogP contribution is 2.28. The summed E-state index contributed by atoms with van der Waals surface area (Å²) in [7, 11) is 4.31. The average Bonchev–Trinajstić information content (AvgIpc) is 2.46. The normalized spacial score (nSPS) is 19.8. The van der Waals surface area contributed by atoms with Crippen molar-refractivity contribution in [3.63, 3.8) is 0 Å². The molecule has 1 aliphatic heterocycles. The zero-order valence-corrected chi connectivity index (χ0v) is 13.5. The molecule has 0 radical (unpaired) electrons. The SMILES string of the molecule is CN(C)C1CCCN(c2ncnc3ccc(Br)cc23)C1. The third-order valence-electron chi connectivity index (χ3n) is 4.00. The van der Waals surface area contributed by atoms with Gasteiger partial charge in [0.2, 0.25) is 0 Å². The van der Waals surface area contributed by atoms with Gasteiger partial charge in [0, 0.05) is 29.0 Å². The fourth-order valence-electron chi connectivity index (χ4n) is 2.84. The Bertz CT molecular complexity index is 614. The Kier molecular flexibility index (Phi) is 3.89. The van der Waals surface area contributed by atoms with Crippen molar-refractivity contribution in [1.82, 2.24) is 14.9 Å². The number of hydrogen-bond acceptors (Lipinski definition) is 4. The van der Waals surface area contributed by atoms with Crippen molar-refractivity contribution in [2.24, 2.45) is 0 Å². The predicted octanol–water partition coefficient (Wildman–Crippen LogP) is 2.92. The Morgan fingerprint density at radius 3 is 2.95 bits per heavy atom. The molecule has 20 heavy (non-hydrogen) atoms. The van der Waals surface area contributed by atoms with Crippen molar-refractivity contribution in [2.75, 3.05) is 32.1 Å². The van der Waals surface area contributed by atoms with E-state index in [0.717, 1.165) is 34.3 Å². The van der Waals surface area contributed by atoms with Crippen LogP contribution in [0.15, 0.2) is 29.0 Å². The molecule has 0 bridgehead atoms. The first-order valence-corrected chi connectivity index (χ1v) is 7.76. The van der Waals surface area contributed by atoms with Crippen molar-refractivity contribution >= 4 is 32.7 Å². The van der Waals surface area contributed by atoms with E-state index < -0.39 is 0 Å². The molecule has 2 aromatic rings. The average molecular weight is 335 g/mol. The van der Waals surface area contributed by atoms with Crippen molar-refractivity contribution < 1.29 is 0 Å². The second-order valence-corrected chi connectivity index (χ2v) is 6.48. The van der Waals surface area contributed by atoms with Gasteiger partial charge in [-0.15, -0.1) is 0 Å². The zero-order chi connectivity index (χ0) is 14.1. The number of likely N-dealkylation sites (N-methyl/N-ethyl adjacent to an activating group) is 1. The number of halogens is 1. The molecular formula is C15H19BrN4. The molecule has 0 spiro atoms. The lowest BCUT2D eigenvalue weighted by Gasteiger charge is -2.37. The largest absolute Gasteiger partial charge is 0.354 e. The van der Waals surface area contributed by atoms with Crippen LogP contribution in [0.25, 0.3) is 10.9 Å². The molecule has 1 aliphatic rings. The van der Waals surface area contributed by atoms with Crippen molar-refractivity contribution in [3.8, 4) is 0 Å². The van der Waals surface area contributed by atoms with Gasteiger partial charge >= 0.3 is 0 Å². The second kappa shape index (κ2) is 5.66. The van der Waals surface area contributed by atoms with Gasteiger partial charge in [0.15, 0.2) is 0 Å². The van der Waals surface area contributed by atoms with Gasteiger partial charge in [0.25, 0.3) is 0 Å². The first kappa shape index (κ1) is 13.8. The Morgan fingerprint density at radius 1 is 1.30 bits per heavy atom. The molecule has 1 aromatic carbocycles. The van der Waals surface area contributed by atoms with Crippen LogP contribution in [0.5, 0.6) is 0 Å². The second-order valence-electron chi connectivity index (χ2n) is 5.56. The van der Waals surface area contributed by atoms with E-state index in [0.29, 0.717) is 6.04 Å². The molecule has 2 heterocycles. The Balaban J connectivity index is 1.99. The Labute approximate surface area is 127 Å². The van der Waals surface area contributed by atoms with E-state index in [1.54, 1.807) is 6.33 Å². The number of nitrogens with zero attached hydrogens (tertiary/aromatic N) is 4. The van der Waals surface area contributed by atoms with E-state index in [2.05, 4.69) is 55.9 Å². The highest BCUT2D eigenvalue weighted by molar-refractivity contribution is 9.10. The summed E-state index contributed by atoms with van der Waals surface area (Å²) < 4.78 is 1.07. The smallest absolute Gasteiger partial charge is 0.139 e. The molecule has 1 saturated heterocycles. The van der Waals surface area contributed by atoms with E-state index >= 15 is 0 Å². The minimum Gasteiger partial charge on any atom is -0.354 e. The van der Waals surface area contributed by atoms with E-state index in [9.17, 15) is 0 Å². The van der Waals surface area contributed by atoms with Gasteiger partial charge < -0.3 is 9.80 Å². The van der Waals surface area contributed by atoms with E-state index in [4.69, 9.17) is 0 Å². The minimum absolute atomic E-state index is 0.598. The number of piperidine rings is 1. The van der Waals surface area contributed by atoms with Gasteiger partial charge in [-0.1, -0.05) is 15.9 Å². The summed E-state index contributed by atoms with van der Waals surface area (Å²) in [5.74, 6) is 1.06. The monoisotopic (exact) mass is 334 g/mol. The van der Waals surface area contributed by atoms with Crippen LogP contribution in [0.2, 0.25) is 0 Å². The van der Waals surface area contributed by atoms with Gasteiger partial charge in [-0.25, -0.2) is 9.97 Å². The van der Waals surface area contributed by atoms with Crippen LogP contribution < -0.4 is 4.90 Å². The Hall–Kier alpha value is -1.20.